The number of amides is 1. The van der Waals surface area contributed by atoms with E-state index in [4.69, 9.17) is 0 Å². The normalized spacial score (nSPS) is 12.6. The molecule has 1 heterocycles. The monoisotopic (exact) mass is 260 g/mol. The molecule has 5 heteroatoms. The summed E-state index contributed by atoms with van der Waals surface area (Å²) in [6, 6.07) is 5.87. The van der Waals surface area contributed by atoms with Gasteiger partial charge in [0.1, 0.15) is 5.82 Å². The van der Waals surface area contributed by atoms with Crippen LogP contribution in [0.25, 0.3) is 11.0 Å². The molecule has 102 valence electrons. The highest BCUT2D eigenvalue weighted by Gasteiger charge is 2.09. The number of aromatic nitrogens is 2. The molecule has 0 aliphatic heterocycles. The van der Waals surface area contributed by atoms with E-state index in [1.807, 2.05) is 39.0 Å². The molecular weight excluding hydrogens is 240 g/mol. The van der Waals surface area contributed by atoms with Gasteiger partial charge in [-0.25, -0.2) is 4.98 Å². The third-order valence-corrected chi connectivity index (χ3v) is 2.93. The maximum Gasteiger partial charge on any atom is 0.225 e. The van der Waals surface area contributed by atoms with Crippen molar-refractivity contribution in [2.75, 3.05) is 11.9 Å². The topological polar surface area (TPSA) is 69.8 Å². The number of nitrogens with zero attached hydrogens (tertiary/aromatic N) is 1. The van der Waals surface area contributed by atoms with Gasteiger partial charge in [-0.2, -0.15) is 0 Å². The Morgan fingerprint density at radius 3 is 3.00 bits per heavy atom. The van der Waals surface area contributed by atoms with Crippen molar-refractivity contribution in [1.29, 1.82) is 0 Å². The van der Waals surface area contributed by atoms with Crippen LogP contribution in [0, 0.1) is 6.92 Å². The van der Waals surface area contributed by atoms with Crippen molar-refractivity contribution in [2.45, 2.75) is 33.2 Å². The zero-order valence-corrected chi connectivity index (χ0v) is 11.6. The second-order valence-electron chi connectivity index (χ2n) is 4.77. The molecule has 1 aromatic heterocycles. The number of nitrogens with one attached hydrogen (secondary N) is 3. The van der Waals surface area contributed by atoms with E-state index in [0.29, 0.717) is 6.42 Å². The summed E-state index contributed by atoms with van der Waals surface area (Å²) in [5, 5.41) is 6.12. The molecule has 0 bridgehead atoms. The second-order valence-corrected chi connectivity index (χ2v) is 4.77. The van der Waals surface area contributed by atoms with Crippen molar-refractivity contribution >= 4 is 22.6 Å². The number of fused-ring (bicyclic) bond motifs is 1. The summed E-state index contributed by atoms with van der Waals surface area (Å²) < 4.78 is 0. The molecule has 0 aliphatic carbocycles. The summed E-state index contributed by atoms with van der Waals surface area (Å²) in [7, 11) is 0. The van der Waals surface area contributed by atoms with Crippen LogP contribution in [0.1, 0.15) is 26.1 Å². The second kappa shape index (κ2) is 5.84. The molecule has 3 N–H and O–H groups in total. The van der Waals surface area contributed by atoms with Crippen LogP contribution in [0.5, 0.6) is 0 Å². The van der Waals surface area contributed by atoms with Crippen molar-refractivity contribution in [3.63, 3.8) is 0 Å². The fraction of sp³-hybridized carbons (Fsp3) is 0.429. The zero-order valence-electron chi connectivity index (χ0n) is 11.6. The van der Waals surface area contributed by atoms with Gasteiger partial charge in [0, 0.05) is 18.2 Å². The lowest BCUT2D eigenvalue weighted by molar-refractivity contribution is -0.116. The van der Waals surface area contributed by atoms with E-state index in [1.54, 1.807) is 0 Å². The number of H-pyrrole nitrogens is 1. The smallest absolute Gasteiger partial charge is 0.225 e. The molecule has 1 amide bonds. The Balaban J connectivity index is 2.02. The summed E-state index contributed by atoms with van der Waals surface area (Å²) in [5.41, 5.74) is 2.65. The number of hydrogen-bond acceptors (Lipinski definition) is 3. The van der Waals surface area contributed by atoms with E-state index in [9.17, 15) is 4.79 Å². The first kappa shape index (κ1) is 13.5. The largest absolute Gasteiger partial charge is 0.342 e. The number of anilines is 1. The molecule has 2 rings (SSSR count). The Kier molecular flexibility index (Phi) is 4.16. The Bertz CT molecular complexity index is 576. The van der Waals surface area contributed by atoms with Crippen LogP contribution in [0.4, 0.5) is 5.69 Å². The number of aromatic amines is 1. The molecule has 0 spiro atoms. The van der Waals surface area contributed by atoms with E-state index in [2.05, 4.69) is 20.6 Å². The van der Waals surface area contributed by atoms with Gasteiger partial charge < -0.3 is 15.6 Å². The Labute approximate surface area is 112 Å². The van der Waals surface area contributed by atoms with Gasteiger partial charge in [-0.1, -0.05) is 6.92 Å². The average molecular weight is 260 g/mol. The minimum absolute atomic E-state index is 0.0176. The Morgan fingerprint density at radius 1 is 1.47 bits per heavy atom. The maximum atomic E-state index is 11.9. The van der Waals surface area contributed by atoms with Crippen molar-refractivity contribution in [3.05, 3.63) is 24.0 Å². The van der Waals surface area contributed by atoms with Gasteiger partial charge in [-0.3, -0.25) is 4.79 Å². The standard InChI is InChI=1S/C14H20N4O/c1-4-15-9(2)7-14(19)18-11-5-6-12-13(8-11)17-10(3)16-12/h5-6,8-9,15H,4,7H2,1-3H3,(H,16,17)(H,18,19). The molecule has 0 saturated carbocycles. The quantitative estimate of drug-likeness (QED) is 0.772. The van der Waals surface area contributed by atoms with Gasteiger partial charge in [0.25, 0.3) is 0 Å². The molecular formula is C14H20N4O. The summed E-state index contributed by atoms with van der Waals surface area (Å²) in [6.07, 6.45) is 0.466. The Morgan fingerprint density at radius 2 is 2.26 bits per heavy atom. The molecule has 19 heavy (non-hydrogen) atoms. The maximum absolute atomic E-state index is 11.9. The number of rotatable bonds is 5. The molecule has 0 radical (unpaired) electrons. The Hall–Kier alpha value is -1.88. The summed E-state index contributed by atoms with van der Waals surface area (Å²) >= 11 is 0. The first-order valence-corrected chi connectivity index (χ1v) is 6.58. The molecule has 1 atom stereocenters. The fourth-order valence-corrected chi connectivity index (χ4v) is 2.13. The van der Waals surface area contributed by atoms with E-state index in [1.165, 1.54) is 0 Å². The van der Waals surface area contributed by atoms with Crippen molar-refractivity contribution in [2.24, 2.45) is 0 Å². The fourth-order valence-electron chi connectivity index (χ4n) is 2.13. The van der Waals surface area contributed by atoms with Gasteiger partial charge >= 0.3 is 0 Å². The number of benzene rings is 1. The van der Waals surface area contributed by atoms with Crippen LogP contribution in [0.2, 0.25) is 0 Å². The van der Waals surface area contributed by atoms with Crippen molar-refractivity contribution in [1.82, 2.24) is 15.3 Å². The average Bonchev–Trinajstić information content (AvgIpc) is 2.68. The van der Waals surface area contributed by atoms with Crippen LogP contribution < -0.4 is 10.6 Å². The van der Waals surface area contributed by atoms with E-state index in [-0.39, 0.29) is 11.9 Å². The van der Waals surface area contributed by atoms with Crippen LogP contribution >= 0.6 is 0 Å². The van der Waals surface area contributed by atoms with Crippen LogP contribution in [0.15, 0.2) is 18.2 Å². The first-order valence-electron chi connectivity index (χ1n) is 6.58. The molecule has 1 aromatic carbocycles. The van der Waals surface area contributed by atoms with Crippen LogP contribution in [-0.2, 0) is 4.79 Å². The number of aryl methyl sites for hydroxylation is 1. The highest BCUT2D eigenvalue weighted by Crippen LogP contribution is 2.17. The third-order valence-electron chi connectivity index (χ3n) is 2.93. The van der Waals surface area contributed by atoms with Gasteiger partial charge in [0.15, 0.2) is 0 Å². The third kappa shape index (κ3) is 3.54. The van der Waals surface area contributed by atoms with Gasteiger partial charge in [-0.05, 0) is 38.6 Å². The predicted molar refractivity (Wildman–Crippen MR) is 77.2 cm³/mol. The molecule has 2 aromatic rings. The van der Waals surface area contributed by atoms with Crippen molar-refractivity contribution < 1.29 is 4.79 Å². The summed E-state index contributed by atoms with van der Waals surface area (Å²) in [4.78, 5) is 19.3. The molecule has 0 fully saturated rings. The molecule has 0 aliphatic rings. The molecule has 5 nitrogen and oxygen atoms in total. The zero-order chi connectivity index (χ0) is 13.8. The number of carbonyl (C=O) groups excluding carboxylic acids is 1. The van der Waals surface area contributed by atoms with E-state index >= 15 is 0 Å². The summed E-state index contributed by atoms with van der Waals surface area (Å²) in [6.45, 7) is 6.82. The molecule has 0 saturated heterocycles. The first-order chi connectivity index (χ1) is 9.08. The van der Waals surface area contributed by atoms with E-state index in [0.717, 1.165) is 29.1 Å². The lowest BCUT2D eigenvalue weighted by Gasteiger charge is -2.12. The lowest BCUT2D eigenvalue weighted by Crippen LogP contribution is -2.30. The summed E-state index contributed by atoms with van der Waals surface area (Å²) in [5.74, 6) is 0.892. The highest BCUT2D eigenvalue weighted by molar-refractivity contribution is 5.93. The van der Waals surface area contributed by atoms with Gasteiger partial charge in [0.05, 0.1) is 11.0 Å². The number of hydrogen-bond donors (Lipinski definition) is 3. The minimum Gasteiger partial charge on any atom is -0.342 e. The van der Waals surface area contributed by atoms with Gasteiger partial charge in [-0.15, -0.1) is 0 Å². The SMILES string of the molecule is CCNC(C)CC(=O)Nc1ccc2nc(C)[nH]c2c1. The predicted octanol–water partition coefficient (Wildman–Crippen LogP) is 2.20. The molecule has 1 unspecified atom stereocenters. The number of imidazole rings is 1. The minimum atomic E-state index is 0.0176. The number of carbonyl (C=O) groups is 1. The van der Waals surface area contributed by atoms with Crippen LogP contribution in [0.3, 0.4) is 0 Å². The lowest BCUT2D eigenvalue weighted by atomic mass is 10.2. The van der Waals surface area contributed by atoms with E-state index < -0.39 is 0 Å². The van der Waals surface area contributed by atoms with Crippen molar-refractivity contribution in [3.8, 4) is 0 Å². The highest BCUT2D eigenvalue weighted by atomic mass is 16.1. The van der Waals surface area contributed by atoms with Crippen LogP contribution in [-0.4, -0.2) is 28.5 Å². The van der Waals surface area contributed by atoms with Gasteiger partial charge in [0.2, 0.25) is 5.91 Å².